The maximum Gasteiger partial charge on any atom is 0.243 e. The highest BCUT2D eigenvalue weighted by molar-refractivity contribution is 5.89. The van der Waals surface area contributed by atoms with Crippen LogP contribution in [-0.4, -0.2) is 28.3 Å². The zero-order valence-electron chi connectivity index (χ0n) is 20.3. The molecule has 0 aliphatic rings. The molecule has 5 heteroatoms. The molecule has 0 unspecified atom stereocenters. The van der Waals surface area contributed by atoms with Crippen LogP contribution in [0.15, 0.2) is 78.9 Å². The lowest BCUT2D eigenvalue weighted by Crippen LogP contribution is -2.54. The lowest BCUT2D eigenvalue weighted by Gasteiger charge is -2.34. The summed E-state index contributed by atoms with van der Waals surface area (Å²) in [6.07, 6.45) is 0.459. The van der Waals surface area contributed by atoms with E-state index in [1.165, 1.54) is 11.0 Å². The van der Waals surface area contributed by atoms with E-state index in [0.29, 0.717) is 12.0 Å². The van der Waals surface area contributed by atoms with Crippen LogP contribution in [0.1, 0.15) is 43.0 Å². The Balaban J connectivity index is 2.00. The Morgan fingerprint density at radius 2 is 1.56 bits per heavy atom. The molecule has 4 nitrogen and oxygen atoms in total. The van der Waals surface area contributed by atoms with E-state index in [0.717, 1.165) is 16.7 Å². The Kier molecular flexibility index (Phi) is 8.21. The Morgan fingerprint density at radius 1 is 0.912 bits per heavy atom. The summed E-state index contributed by atoms with van der Waals surface area (Å²) in [5.41, 5.74) is 2.74. The third-order valence-corrected chi connectivity index (χ3v) is 5.51. The number of rotatable bonds is 8. The van der Waals surface area contributed by atoms with Crippen LogP contribution in [0.5, 0.6) is 0 Å². The van der Waals surface area contributed by atoms with E-state index in [1.54, 1.807) is 18.2 Å². The van der Waals surface area contributed by atoms with Crippen LogP contribution in [0.3, 0.4) is 0 Å². The fraction of sp³-hybridized carbons (Fsp3) is 0.310. The second-order valence-electron chi connectivity index (χ2n) is 9.72. The van der Waals surface area contributed by atoms with Crippen LogP contribution in [0.4, 0.5) is 4.39 Å². The van der Waals surface area contributed by atoms with Gasteiger partial charge in [-0.05, 0) is 44.9 Å². The number of halogens is 1. The Morgan fingerprint density at radius 3 is 2.21 bits per heavy atom. The molecule has 0 radical (unpaired) electrons. The molecule has 2 amide bonds. The van der Waals surface area contributed by atoms with Crippen LogP contribution in [0.2, 0.25) is 0 Å². The minimum atomic E-state index is -0.793. The van der Waals surface area contributed by atoms with Gasteiger partial charge in [0.15, 0.2) is 0 Å². The molecule has 0 heterocycles. The lowest BCUT2D eigenvalue weighted by atomic mass is 9.99. The highest BCUT2D eigenvalue weighted by Gasteiger charge is 2.32. The lowest BCUT2D eigenvalue weighted by molar-refractivity contribution is -0.141. The van der Waals surface area contributed by atoms with E-state index in [2.05, 4.69) is 5.32 Å². The number of benzene rings is 3. The molecule has 0 aliphatic heterocycles. The number of hydrogen-bond donors (Lipinski definition) is 1. The van der Waals surface area contributed by atoms with E-state index in [9.17, 15) is 14.0 Å². The van der Waals surface area contributed by atoms with Crippen LogP contribution in [-0.2, 0) is 29.0 Å². The quantitative estimate of drug-likeness (QED) is 0.500. The number of carbonyl (C=O) groups is 2. The third-order valence-electron chi connectivity index (χ3n) is 5.51. The van der Waals surface area contributed by atoms with E-state index < -0.39 is 17.4 Å². The minimum absolute atomic E-state index is 0.00633. The van der Waals surface area contributed by atoms with Gasteiger partial charge < -0.3 is 10.2 Å². The number of hydrogen-bond acceptors (Lipinski definition) is 2. The van der Waals surface area contributed by atoms with Crippen molar-refractivity contribution < 1.29 is 14.0 Å². The topological polar surface area (TPSA) is 49.4 Å². The zero-order chi connectivity index (χ0) is 24.7. The summed E-state index contributed by atoms with van der Waals surface area (Å²) >= 11 is 0. The minimum Gasteiger partial charge on any atom is -0.350 e. The molecule has 3 rings (SSSR count). The molecule has 3 aromatic rings. The van der Waals surface area contributed by atoms with Crippen LogP contribution in [0, 0.1) is 12.7 Å². The first-order valence-corrected chi connectivity index (χ1v) is 11.6. The van der Waals surface area contributed by atoms with Crippen molar-refractivity contribution >= 4 is 11.8 Å². The van der Waals surface area contributed by atoms with Gasteiger partial charge in [-0.2, -0.15) is 0 Å². The molecule has 0 aliphatic carbocycles. The van der Waals surface area contributed by atoms with Crippen molar-refractivity contribution in [3.63, 3.8) is 0 Å². The second-order valence-corrected chi connectivity index (χ2v) is 9.72. The largest absolute Gasteiger partial charge is 0.350 e. The number of carbonyl (C=O) groups excluding carboxylic acids is 2. The average molecular weight is 461 g/mol. The SMILES string of the molecule is Cc1cccc(CC(=O)N(Cc2ccccc2F)[C@H](Cc2ccccc2)C(=O)NC(C)(C)C)c1. The molecule has 0 aromatic heterocycles. The number of amides is 2. The predicted molar refractivity (Wildman–Crippen MR) is 134 cm³/mol. The molecule has 0 spiro atoms. The van der Waals surface area contributed by atoms with Gasteiger partial charge >= 0.3 is 0 Å². The van der Waals surface area contributed by atoms with Crippen LogP contribution < -0.4 is 5.32 Å². The van der Waals surface area contributed by atoms with Crippen molar-refractivity contribution in [2.24, 2.45) is 0 Å². The summed E-state index contributed by atoms with van der Waals surface area (Å²) in [6.45, 7) is 7.69. The van der Waals surface area contributed by atoms with Crippen LogP contribution >= 0.6 is 0 Å². The van der Waals surface area contributed by atoms with Gasteiger partial charge in [0.1, 0.15) is 11.9 Å². The molecule has 0 saturated heterocycles. The molecule has 1 atom stereocenters. The molecule has 0 fully saturated rings. The Hall–Kier alpha value is -3.47. The van der Waals surface area contributed by atoms with Gasteiger partial charge in [0.2, 0.25) is 11.8 Å². The number of nitrogens with one attached hydrogen (secondary N) is 1. The molecule has 34 heavy (non-hydrogen) atoms. The van der Waals surface area contributed by atoms with Crippen molar-refractivity contribution in [1.29, 1.82) is 0 Å². The third kappa shape index (κ3) is 7.27. The molecule has 178 valence electrons. The summed E-state index contributed by atoms with van der Waals surface area (Å²) in [6, 6.07) is 22.9. The molecular weight excluding hydrogens is 427 g/mol. The monoisotopic (exact) mass is 460 g/mol. The van der Waals surface area contributed by atoms with Gasteiger partial charge in [-0.3, -0.25) is 9.59 Å². The first kappa shape index (κ1) is 25.2. The van der Waals surface area contributed by atoms with Gasteiger partial charge in [0, 0.05) is 24.1 Å². The van der Waals surface area contributed by atoms with Crippen molar-refractivity contribution in [3.8, 4) is 0 Å². The highest BCUT2D eigenvalue weighted by Crippen LogP contribution is 2.19. The fourth-order valence-electron chi connectivity index (χ4n) is 3.92. The van der Waals surface area contributed by atoms with Gasteiger partial charge in [-0.25, -0.2) is 4.39 Å². The average Bonchev–Trinajstić information content (AvgIpc) is 2.77. The molecular formula is C29H33FN2O2. The maximum atomic E-state index is 14.6. The van der Waals surface area contributed by atoms with Crippen molar-refractivity contribution in [3.05, 3.63) is 107 Å². The van der Waals surface area contributed by atoms with E-state index in [4.69, 9.17) is 0 Å². The standard InChI is InChI=1S/C29H33FN2O2/c1-21-11-10-14-23(17-21)19-27(33)32(20-24-15-8-9-16-25(24)30)26(28(34)31-29(2,3)4)18-22-12-6-5-7-13-22/h5-17,26H,18-20H2,1-4H3,(H,31,34)/t26-/m1/s1. The highest BCUT2D eigenvalue weighted by atomic mass is 19.1. The first-order valence-electron chi connectivity index (χ1n) is 11.6. The van der Waals surface area contributed by atoms with Crippen LogP contribution in [0.25, 0.3) is 0 Å². The summed E-state index contributed by atoms with van der Waals surface area (Å²) in [4.78, 5) is 28.7. The number of nitrogens with zero attached hydrogens (tertiary/aromatic N) is 1. The van der Waals surface area contributed by atoms with Crippen molar-refractivity contribution in [2.45, 2.75) is 58.7 Å². The summed E-state index contributed by atoms with van der Waals surface area (Å²) in [5.74, 6) is -0.880. The molecule has 0 bridgehead atoms. The van der Waals surface area contributed by atoms with Gasteiger partial charge in [-0.15, -0.1) is 0 Å². The Labute approximate surface area is 201 Å². The zero-order valence-corrected chi connectivity index (χ0v) is 20.3. The summed E-state index contributed by atoms with van der Waals surface area (Å²) in [5, 5.41) is 3.02. The van der Waals surface area contributed by atoms with E-state index in [1.807, 2.05) is 82.3 Å². The predicted octanol–water partition coefficient (Wildman–Crippen LogP) is 5.23. The van der Waals surface area contributed by atoms with Gasteiger partial charge in [0.05, 0.1) is 6.42 Å². The smallest absolute Gasteiger partial charge is 0.243 e. The molecule has 3 aromatic carbocycles. The van der Waals surface area contributed by atoms with Gasteiger partial charge in [0.25, 0.3) is 0 Å². The second kappa shape index (κ2) is 11.1. The van der Waals surface area contributed by atoms with E-state index in [-0.39, 0.29) is 24.8 Å². The normalized spacial score (nSPS) is 12.1. The Bertz CT molecular complexity index is 1120. The first-order chi connectivity index (χ1) is 16.1. The molecule has 0 saturated carbocycles. The van der Waals surface area contributed by atoms with E-state index >= 15 is 0 Å². The number of aryl methyl sites for hydroxylation is 1. The molecule has 1 N–H and O–H groups in total. The fourth-order valence-corrected chi connectivity index (χ4v) is 3.92. The van der Waals surface area contributed by atoms with Crippen molar-refractivity contribution in [1.82, 2.24) is 10.2 Å². The summed E-state index contributed by atoms with van der Waals surface area (Å²) in [7, 11) is 0. The maximum absolute atomic E-state index is 14.6. The summed E-state index contributed by atoms with van der Waals surface area (Å²) < 4.78 is 14.6. The van der Waals surface area contributed by atoms with Crippen molar-refractivity contribution in [2.75, 3.05) is 0 Å². The van der Waals surface area contributed by atoms with Gasteiger partial charge in [-0.1, -0.05) is 78.4 Å².